The molecule has 0 spiro atoms. The van der Waals surface area contributed by atoms with E-state index in [1.54, 1.807) is 0 Å². The van der Waals surface area contributed by atoms with Crippen LogP contribution in [0, 0.1) is 0 Å². The summed E-state index contributed by atoms with van der Waals surface area (Å²) in [7, 11) is 0. The molecule has 0 aromatic carbocycles. The van der Waals surface area contributed by atoms with Crippen molar-refractivity contribution in [3.63, 3.8) is 0 Å². The van der Waals surface area contributed by atoms with Gasteiger partial charge in [-0.2, -0.15) is 11.8 Å². The number of nitrogens with two attached hydrogens (primary N) is 2. The van der Waals surface area contributed by atoms with Gasteiger partial charge >= 0.3 is 11.9 Å². The number of hydrogen-bond acceptors (Lipinski definition) is 7. The third kappa shape index (κ3) is 10.7. The minimum atomic E-state index is -1.07. The van der Waals surface area contributed by atoms with E-state index in [2.05, 4.69) is 0 Å². The molecule has 2 unspecified atom stereocenters. The molecule has 0 amide bonds. The maximum absolute atomic E-state index is 10.4. The van der Waals surface area contributed by atoms with Crippen LogP contribution in [0.1, 0.15) is 12.8 Å². The van der Waals surface area contributed by atoms with E-state index in [4.69, 9.17) is 26.4 Å². The third-order valence-corrected chi connectivity index (χ3v) is 3.22. The number of hydrogen-bond donors (Lipinski definition) is 5. The molecule has 0 aliphatic rings. The van der Waals surface area contributed by atoms with E-state index in [0.717, 1.165) is 0 Å². The van der Waals surface area contributed by atoms with Crippen molar-refractivity contribution in [3.05, 3.63) is 0 Å². The average Bonchev–Trinajstić information content (AvgIpc) is 2.30. The van der Waals surface area contributed by atoms with Gasteiger partial charge in [-0.15, -0.1) is 0 Å². The molecule has 0 aliphatic carbocycles. The van der Waals surface area contributed by atoms with Gasteiger partial charge in [0.25, 0.3) is 0 Å². The number of aliphatic hydroxyl groups excluding tert-OH is 1. The topological polar surface area (TPSA) is 156 Å². The molecule has 9 heteroatoms. The van der Waals surface area contributed by atoms with Crippen molar-refractivity contribution in [2.75, 3.05) is 18.1 Å². The largest absolute Gasteiger partial charge is 0.481 e. The molecule has 19 heavy (non-hydrogen) atoms. The zero-order chi connectivity index (χ0) is 14.8. The molecule has 0 saturated heterocycles. The summed E-state index contributed by atoms with van der Waals surface area (Å²) in [5.74, 6) is -1.28. The molecule has 0 rings (SSSR count). The number of aliphatic hydroxyl groups is 1. The first-order chi connectivity index (χ1) is 8.82. The molecule has 0 heterocycles. The maximum atomic E-state index is 10.4. The lowest BCUT2D eigenvalue weighted by Crippen LogP contribution is -2.32. The fraction of sp³-hybridized carbons (Fsp3) is 0.800. The Morgan fingerprint density at radius 1 is 1.26 bits per heavy atom. The number of carboxylic acid groups (broad SMARTS) is 2. The second kappa shape index (κ2) is 9.98. The second-order valence-corrected chi connectivity index (χ2v) is 5.08. The molecule has 3 atom stereocenters. The first-order valence-electron chi connectivity index (χ1n) is 5.66. The van der Waals surface area contributed by atoms with Crippen molar-refractivity contribution < 1.29 is 29.6 Å². The van der Waals surface area contributed by atoms with Gasteiger partial charge < -0.3 is 31.5 Å². The molecule has 0 aromatic rings. The first-order valence-corrected chi connectivity index (χ1v) is 6.81. The van der Waals surface area contributed by atoms with Crippen molar-refractivity contribution in [1.82, 2.24) is 0 Å². The SMILES string of the molecule is NC(CC(=O)O)OCC(O)CSCC[C@H](N)C(=O)O. The number of aliphatic carboxylic acids is 2. The summed E-state index contributed by atoms with van der Waals surface area (Å²) in [5.41, 5.74) is 10.7. The zero-order valence-electron chi connectivity index (χ0n) is 10.4. The van der Waals surface area contributed by atoms with Gasteiger partial charge in [-0.25, -0.2) is 0 Å². The van der Waals surface area contributed by atoms with Crippen LogP contribution in [-0.4, -0.2) is 63.7 Å². The van der Waals surface area contributed by atoms with Crippen LogP contribution in [0.5, 0.6) is 0 Å². The molecule has 8 nitrogen and oxygen atoms in total. The molecular weight excluding hydrogens is 276 g/mol. The van der Waals surface area contributed by atoms with E-state index in [1.807, 2.05) is 0 Å². The van der Waals surface area contributed by atoms with Gasteiger partial charge in [-0.1, -0.05) is 0 Å². The number of rotatable bonds is 11. The summed E-state index contributed by atoms with van der Waals surface area (Å²) in [4.78, 5) is 20.7. The van der Waals surface area contributed by atoms with Gasteiger partial charge in [-0.3, -0.25) is 9.59 Å². The third-order valence-electron chi connectivity index (χ3n) is 2.08. The Kier molecular flexibility index (Phi) is 9.53. The summed E-state index contributed by atoms with van der Waals surface area (Å²) >= 11 is 1.34. The van der Waals surface area contributed by atoms with Crippen LogP contribution in [0.25, 0.3) is 0 Å². The van der Waals surface area contributed by atoms with Crippen molar-refractivity contribution >= 4 is 23.7 Å². The molecule has 0 aromatic heterocycles. The van der Waals surface area contributed by atoms with Crippen LogP contribution in [0.3, 0.4) is 0 Å². The predicted molar refractivity (Wildman–Crippen MR) is 69.7 cm³/mol. The van der Waals surface area contributed by atoms with E-state index in [9.17, 15) is 14.7 Å². The summed E-state index contributed by atoms with van der Waals surface area (Å²) in [6, 6.07) is -0.898. The van der Waals surface area contributed by atoms with E-state index < -0.39 is 30.3 Å². The van der Waals surface area contributed by atoms with Gasteiger partial charge in [-0.05, 0) is 12.2 Å². The average molecular weight is 296 g/mol. The molecule has 0 fully saturated rings. The summed E-state index contributed by atoms with van der Waals surface area (Å²) in [6.45, 7) is -0.0631. The highest BCUT2D eigenvalue weighted by Gasteiger charge is 2.13. The van der Waals surface area contributed by atoms with Crippen molar-refractivity contribution in [3.8, 4) is 0 Å². The number of carboxylic acids is 2. The van der Waals surface area contributed by atoms with Gasteiger partial charge in [0.05, 0.1) is 19.1 Å². The quantitative estimate of drug-likeness (QED) is 0.230. The zero-order valence-corrected chi connectivity index (χ0v) is 11.2. The Morgan fingerprint density at radius 3 is 2.42 bits per heavy atom. The highest BCUT2D eigenvalue weighted by Crippen LogP contribution is 2.07. The van der Waals surface area contributed by atoms with Crippen LogP contribution in [0.4, 0.5) is 0 Å². The van der Waals surface area contributed by atoms with E-state index in [0.29, 0.717) is 17.9 Å². The summed E-state index contributed by atoms with van der Waals surface area (Å²) in [6.07, 6.45) is -1.75. The highest BCUT2D eigenvalue weighted by molar-refractivity contribution is 7.99. The second-order valence-electron chi connectivity index (χ2n) is 3.93. The highest BCUT2D eigenvalue weighted by atomic mass is 32.2. The number of thioether (sulfide) groups is 1. The van der Waals surface area contributed by atoms with Crippen LogP contribution in [0.15, 0.2) is 0 Å². The summed E-state index contributed by atoms with van der Waals surface area (Å²) in [5, 5.41) is 26.5. The molecule has 0 aliphatic heterocycles. The molecule has 0 radical (unpaired) electrons. The monoisotopic (exact) mass is 296 g/mol. The molecule has 7 N–H and O–H groups in total. The Hall–Kier alpha value is -0.870. The van der Waals surface area contributed by atoms with Crippen LogP contribution < -0.4 is 11.5 Å². The van der Waals surface area contributed by atoms with Crippen LogP contribution in [-0.2, 0) is 14.3 Å². The normalized spacial score (nSPS) is 15.7. The number of carbonyl (C=O) groups is 2. The fourth-order valence-electron chi connectivity index (χ4n) is 1.07. The lowest BCUT2D eigenvalue weighted by atomic mass is 10.2. The minimum absolute atomic E-state index is 0.0631. The first kappa shape index (κ1) is 18.1. The Bertz CT molecular complexity index is 291. The van der Waals surface area contributed by atoms with Crippen molar-refractivity contribution in [1.29, 1.82) is 0 Å². The Morgan fingerprint density at radius 2 is 1.89 bits per heavy atom. The standard InChI is InChI=1S/C10H20N2O6S/c11-7(10(16)17)1-2-19-5-6(13)4-18-8(12)3-9(14)15/h6-8,13H,1-5,11-12H2,(H,14,15)(H,16,17)/t6?,7-,8?/m0/s1. The lowest BCUT2D eigenvalue weighted by Gasteiger charge is -2.15. The van der Waals surface area contributed by atoms with E-state index in [1.165, 1.54) is 11.8 Å². The lowest BCUT2D eigenvalue weighted by molar-refractivity contribution is -0.141. The van der Waals surface area contributed by atoms with Crippen molar-refractivity contribution in [2.24, 2.45) is 11.5 Å². The van der Waals surface area contributed by atoms with Crippen LogP contribution in [0.2, 0.25) is 0 Å². The van der Waals surface area contributed by atoms with Gasteiger partial charge in [0.1, 0.15) is 12.3 Å². The molecule has 112 valence electrons. The fourth-order valence-corrected chi connectivity index (χ4v) is 2.02. The van der Waals surface area contributed by atoms with E-state index in [-0.39, 0.29) is 13.0 Å². The predicted octanol–water partition coefficient (Wildman–Crippen LogP) is -1.34. The Balaban J connectivity index is 3.56. The molecular formula is C10H20N2O6S. The summed E-state index contributed by atoms with van der Waals surface area (Å²) < 4.78 is 4.95. The van der Waals surface area contributed by atoms with Gasteiger partial charge in [0, 0.05) is 5.75 Å². The molecule has 0 bridgehead atoms. The van der Waals surface area contributed by atoms with E-state index >= 15 is 0 Å². The van der Waals surface area contributed by atoms with Gasteiger partial charge in [0.15, 0.2) is 0 Å². The Labute approximate surface area is 115 Å². The molecule has 0 saturated carbocycles. The minimum Gasteiger partial charge on any atom is -0.481 e. The van der Waals surface area contributed by atoms with Crippen molar-refractivity contribution in [2.45, 2.75) is 31.2 Å². The van der Waals surface area contributed by atoms with Crippen LogP contribution >= 0.6 is 11.8 Å². The van der Waals surface area contributed by atoms with Gasteiger partial charge in [0.2, 0.25) is 0 Å². The smallest absolute Gasteiger partial charge is 0.320 e. The maximum Gasteiger partial charge on any atom is 0.320 e. The number of ether oxygens (including phenoxy) is 1.